The number of carboxylic acid groups (broad SMARTS) is 1. The molecule has 0 aliphatic carbocycles. The van der Waals surface area contributed by atoms with E-state index in [4.69, 9.17) is 4.74 Å². The van der Waals surface area contributed by atoms with Crippen molar-refractivity contribution in [3.05, 3.63) is 66.0 Å². The Bertz CT molecular complexity index is 879. The Morgan fingerprint density at radius 1 is 1.15 bits per heavy atom. The molecule has 2 aromatic carbocycles. The van der Waals surface area contributed by atoms with Crippen LogP contribution in [0.1, 0.15) is 18.3 Å². The number of para-hydroxylation sites is 1. The SMILES string of the molecule is Cc1ccc(-n2c(COc3ccccc3)nnc2S[C@@H](C)C(=O)[O-])cc1. The lowest BCUT2D eigenvalue weighted by Gasteiger charge is -2.14. The molecular formula is C19H18N3O3S-. The van der Waals surface area contributed by atoms with Gasteiger partial charge in [-0.1, -0.05) is 47.7 Å². The van der Waals surface area contributed by atoms with Gasteiger partial charge in [0.25, 0.3) is 0 Å². The first kappa shape index (κ1) is 18.0. The average Bonchev–Trinajstić information content (AvgIpc) is 3.04. The Balaban J connectivity index is 1.91. The molecule has 0 radical (unpaired) electrons. The highest BCUT2D eigenvalue weighted by Crippen LogP contribution is 2.26. The number of thioether (sulfide) groups is 1. The van der Waals surface area contributed by atoms with Crippen LogP contribution in [0, 0.1) is 6.92 Å². The van der Waals surface area contributed by atoms with Crippen molar-refractivity contribution in [2.24, 2.45) is 0 Å². The van der Waals surface area contributed by atoms with Crippen LogP contribution >= 0.6 is 11.8 Å². The average molecular weight is 368 g/mol. The highest BCUT2D eigenvalue weighted by atomic mass is 32.2. The van der Waals surface area contributed by atoms with Crippen LogP contribution in [0.3, 0.4) is 0 Å². The summed E-state index contributed by atoms with van der Waals surface area (Å²) in [5, 5.41) is 19.2. The number of carbonyl (C=O) groups is 1. The molecule has 7 heteroatoms. The number of aliphatic carboxylic acids is 1. The van der Waals surface area contributed by atoms with Crippen molar-refractivity contribution in [3.63, 3.8) is 0 Å². The Hall–Kier alpha value is -2.80. The van der Waals surface area contributed by atoms with Gasteiger partial charge in [-0.05, 0) is 38.1 Å². The summed E-state index contributed by atoms with van der Waals surface area (Å²) < 4.78 is 7.59. The number of aromatic nitrogens is 3. The van der Waals surface area contributed by atoms with Crippen LogP contribution in [0.15, 0.2) is 59.8 Å². The number of rotatable bonds is 7. The van der Waals surface area contributed by atoms with E-state index in [0.29, 0.717) is 11.0 Å². The fourth-order valence-electron chi connectivity index (χ4n) is 2.29. The van der Waals surface area contributed by atoms with Crippen molar-refractivity contribution in [1.82, 2.24) is 14.8 Å². The van der Waals surface area contributed by atoms with Crippen molar-refractivity contribution in [3.8, 4) is 11.4 Å². The molecule has 0 unspecified atom stereocenters. The number of carboxylic acids is 1. The van der Waals surface area contributed by atoms with E-state index in [2.05, 4.69) is 10.2 Å². The summed E-state index contributed by atoms with van der Waals surface area (Å²) >= 11 is 1.09. The monoisotopic (exact) mass is 368 g/mol. The number of hydrogen-bond acceptors (Lipinski definition) is 6. The predicted molar refractivity (Wildman–Crippen MR) is 97.2 cm³/mol. The third-order valence-electron chi connectivity index (χ3n) is 3.72. The van der Waals surface area contributed by atoms with Crippen LogP contribution in [0.25, 0.3) is 5.69 Å². The van der Waals surface area contributed by atoms with Crippen LogP contribution in [0.2, 0.25) is 0 Å². The summed E-state index contributed by atoms with van der Waals surface area (Å²) in [6.45, 7) is 3.78. The van der Waals surface area contributed by atoms with Crippen LogP contribution in [-0.2, 0) is 11.4 Å². The molecule has 134 valence electrons. The van der Waals surface area contributed by atoms with Crippen molar-refractivity contribution in [2.75, 3.05) is 0 Å². The van der Waals surface area contributed by atoms with Crippen LogP contribution < -0.4 is 9.84 Å². The molecule has 0 aliphatic heterocycles. The molecule has 0 bridgehead atoms. The predicted octanol–water partition coefficient (Wildman–Crippen LogP) is 2.39. The van der Waals surface area contributed by atoms with E-state index >= 15 is 0 Å². The van der Waals surface area contributed by atoms with Crippen molar-refractivity contribution in [2.45, 2.75) is 30.9 Å². The number of nitrogens with zero attached hydrogens (tertiary/aromatic N) is 3. The number of aryl methyl sites for hydroxylation is 1. The second-order valence-corrected chi connectivity index (χ2v) is 7.06. The molecule has 0 spiro atoms. The van der Waals surface area contributed by atoms with Gasteiger partial charge in [-0.2, -0.15) is 0 Å². The first-order valence-corrected chi connectivity index (χ1v) is 8.99. The third kappa shape index (κ3) is 4.23. The fourth-order valence-corrected chi connectivity index (χ4v) is 3.11. The highest BCUT2D eigenvalue weighted by molar-refractivity contribution is 8.00. The molecule has 0 saturated heterocycles. The van der Waals surface area contributed by atoms with Crippen molar-refractivity contribution in [1.29, 1.82) is 0 Å². The van der Waals surface area contributed by atoms with E-state index in [9.17, 15) is 9.90 Å². The summed E-state index contributed by atoms with van der Waals surface area (Å²) in [5.74, 6) is 0.171. The first-order valence-electron chi connectivity index (χ1n) is 8.11. The molecule has 3 rings (SSSR count). The third-order valence-corrected chi connectivity index (χ3v) is 4.74. The summed E-state index contributed by atoms with van der Waals surface area (Å²) in [7, 11) is 0. The topological polar surface area (TPSA) is 80.1 Å². The van der Waals surface area contributed by atoms with E-state index in [-0.39, 0.29) is 6.61 Å². The second-order valence-electron chi connectivity index (χ2n) is 5.75. The molecule has 0 saturated carbocycles. The Kier molecular flexibility index (Phi) is 5.58. The zero-order valence-electron chi connectivity index (χ0n) is 14.5. The largest absolute Gasteiger partial charge is 0.549 e. The summed E-state index contributed by atoms with van der Waals surface area (Å²) in [4.78, 5) is 11.1. The van der Waals surface area contributed by atoms with Gasteiger partial charge in [0, 0.05) is 10.9 Å². The van der Waals surface area contributed by atoms with Gasteiger partial charge < -0.3 is 14.6 Å². The van der Waals surface area contributed by atoms with Crippen LogP contribution in [0.5, 0.6) is 5.75 Å². The molecule has 0 N–H and O–H groups in total. The van der Waals surface area contributed by atoms with Gasteiger partial charge in [0.1, 0.15) is 12.4 Å². The summed E-state index contributed by atoms with van der Waals surface area (Å²) in [6.07, 6.45) is 0. The number of ether oxygens (including phenoxy) is 1. The minimum Gasteiger partial charge on any atom is -0.549 e. The zero-order valence-corrected chi connectivity index (χ0v) is 15.3. The van der Waals surface area contributed by atoms with E-state index in [1.54, 1.807) is 6.92 Å². The molecule has 3 aromatic rings. The number of hydrogen-bond donors (Lipinski definition) is 0. The minimum absolute atomic E-state index is 0.213. The normalized spacial score (nSPS) is 11.9. The van der Waals surface area contributed by atoms with Gasteiger partial charge in [0.2, 0.25) is 0 Å². The molecule has 0 aliphatic rings. The van der Waals surface area contributed by atoms with E-state index in [1.807, 2.05) is 66.1 Å². The van der Waals surface area contributed by atoms with Gasteiger partial charge in [-0.15, -0.1) is 10.2 Å². The molecular weight excluding hydrogens is 350 g/mol. The zero-order chi connectivity index (χ0) is 18.5. The maximum Gasteiger partial charge on any atom is 0.196 e. The molecule has 26 heavy (non-hydrogen) atoms. The Morgan fingerprint density at radius 2 is 1.85 bits per heavy atom. The quantitative estimate of drug-likeness (QED) is 0.596. The molecule has 0 amide bonds. The maximum atomic E-state index is 11.1. The van der Waals surface area contributed by atoms with Crippen molar-refractivity contribution >= 4 is 17.7 Å². The van der Waals surface area contributed by atoms with Crippen molar-refractivity contribution < 1.29 is 14.6 Å². The van der Waals surface area contributed by atoms with Crippen LogP contribution in [-0.4, -0.2) is 26.0 Å². The van der Waals surface area contributed by atoms with Gasteiger partial charge in [-0.25, -0.2) is 0 Å². The summed E-state index contributed by atoms with van der Waals surface area (Å²) in [5.41, 5.74) is 1.97. The number of carbonyl (C=O) groups excluding carboxylic acids is 1. The van der Waals surface area contributed by atoms with E-state index in [0.717, 1.165) is 28.8 Å². The van der Waals surface area contributed by atoms with Gasteiger partial charge >= 0.3 is 0 Å². The van der Waals surface area contributed by atoms with Gasteiger partial charge in [-0.3, -0.25) is 4.57 Å². The lowest BCUT2D eigenvalue weighted by atomic mass is 10.2. The van der Waals surface area contributed by atoms with E-state index in [1.165, 1.54) is 0 Å². The Labute approximate surface area is 155 Å². The fraction of sp³-hybridized carbons (Fsp3) is 0.211. The van der Waals surface area contributed by atoms with Crippen LogP contribution in [0.4, 0.5) is 0 Å². The molecule has 1 heterocycles. The Morgan fingerprint density at radius 3 is 2.50 bits per heavy atom. The van der Waals surface area contributed by atoms with E-state index < -0.39 is 11.2 Å². The summed E-state index contributed by atoms with van der Waals surface area (Å²) in [6, 6.07) is 17.3. The second kappa shape index (κ2) is 8.05. The van der Waals surface area contributed by atoms with Gasteiger partial charge in [0.15, 0.2) is 11.0 Å². The molecule has 0 fully saturated rings. The molecule has 1 atom stereocenters. The lowest BCUT2D eigenvalue weighted by Crippen LogP contribution is -2.31. The maximum absolute atomic E-state index is 11.1. The smallest absolute Gasteiger partial charge is 0.196 e. The standard InChI is InChI=1S/C19H19N3O3S/c1-13-8-10-15(11-9-13)22-17(12-25-16-6-4-3-5-7-16)20-21-19(22)26-14(2)18(23)24/h3-11,14H,12H2,1-2H3,(H,23,24)/p-1/t14-/m0/s1. The molecule has 1 aromatic heterocycles. The first-order chi connectivity index (χ1) is 12.5. The van der Waals surface area contributed by atoms with Gasteiger partial charge in [0.05, 0.1) is 5.97 Å². The minimum atomic E-state index is -1.14. The highest BCUT2D eigenvalue weighted by Gasteiger charge is 2.18. The molecule has 6 nitrogen and oxygen atoms in total. The number of benzene rings is 2. The lowest BCUT2D eigenvalue weighted by molar-refractivity contribution is -0.304.